The van der Waals surface area contributed by atoms with Gasteiger partial charge in [-0.15, -0.1) is 0 Å². The number of likely N-dealkylation sites (N-methyl/N-ethyl adjacent to an activating group) is 1. The summed E-state index contributed by atoms with van der Waals surface area (Å²) < 4.78 is 0. The third-order valence-corrected chi connectivity index (χ3v) is 2.97. The fourth-order valence-electron chi connectivity index (χ4n) is 2.00. The van der Waals surface area contributed by atoms with Crippen molar-refractivity contribution in [2.45, 2.75) is 19.1 Å². The largest absolute Gasteiger partial charge is 0.390 e. The van der Waals surface area contributed by atoms with Gasteiger partial charge < -0.3 is 15.7 Å². The first-order chi connectivity index (χ1) is 7.06. The molecule has 0 aliphatic carbocycles. The number of β-amino-alcohol motifs (C(OH)–C–C–N with tert-alkyl or cyclic N) is 1. The number of amides is 1. The van der Waals surface area contributed by atoms with Gasteiger partial charge in [0, 0.05) is 38.6 Å². The average Bonchev–Trinajstić information content (AvgIpc) is 2.63. The van der Waals surface area contributed by atoms with Gasteiger partial charge in [-0.3, -0.25) is 9.69 Å². The lowest BCUT2D eigenvalue weighted by atomic mass is 10.1. The van der Waals surface area contributed by atoms with Crippen molar-refractivity contribution < 1.29 is 9.90 Å². The molecule has 0 aromatic heterocycles. The van der Waals surface area contributed by atoms with E-state index in [-0.39, 0.29) is 24.0 Å². The number of nitrogens with one attached hydrogen (secondary N) is 2. The van der Waals surface area contributed by atoms with Crippen LogP contribution in [0.3, 0.4) is 0 Å². The van der Waals surface area contributed by atoms with Gasteiger partial charge >= 0.3 is 0 Å². The normalized spacial score (nSPS) is 28.1. The third kappa shape index (κ3) is 3.15. The molecule has 0 radical (unpaired) electrons. The zero-order valence-corrected chi connectivity index (χ0v) is 9.66. The molecule has 1 amide bonds. The monoisotopic (exact) mass is 215 g/mol. The lowest BCUT2D eigenvalue weighted by Crippen LogP contribution is -2.44. The van der Waals surface area contributed by atoms with Gasteiger partial charge in [0.25, 0.3) is 0 Å². The standard InChI is InChI=1S/C10H21N3O2/c1-7(10(15)11-2)6-13(3)8-4-12-5-9(8)14/h7-9,12,14H,4-6H2,1-3H3,(H,11,15). The Morgan fingerprint density at radius 1 is 1.67 bits per heavy atom. The summed E-state index contributed by atoms with van der Waals surface area (Å²) >= 11 is 0. The number of hydrogen-bond acceptors (Lipinski definition) is 4. The second kappa shape index (κ2) is 5.44. The molecule has 0 aromatic carbocycles. The second-order valence-corrected chi connectivity index (χ2v) is 4.25. The van der Waals surface area contributed by atoms with Crippen LogP contribution in [-0.2, 0) is 4.79 Å². The maximum Gasteiger partial charge on any atom is 0.223 e. The topological polar surface area (TPSA) is 64.6 Å². The number of carbonyl (C=O) groups is 1. The molecule has 1 saturated heterocycles. The molecule has 1 heterocycles. The average molecular weight is 215 g/mol. The van der Waals surface area contributed by atoms with E-state index < -0.39 is 0 Å². The number of aliphatic hydroxyl groups is 1. The van der Waals surface area contributed by atoms with Crippen molar-refractivity contribution in [2.24, 2.45) is 5.92 Å². The smallest absolute Gasteiger partial charge is 0.223 e. The predicted molar refractivity (Wildman–Crippen MR) is 58.5 cm³/mol. The first kappa shape index (κ1) is 12.4. The maximum atomic E-state index is 11.3. The minimum atomic E-state index is -0.327. The molecule has 1 rings (SSSR count). The van der Waals surface area contributed by atoms with Crippen molar-refractivity contribution in [1.82, 2.24) is 15.5 Å². The lowest BCUT2D eigenvalue weighted by molar-refractivity contribution is -0.124. The van der Waals surface area contributed by atoms with E-state index in [4.69, 9.17) is 0 Å². The molecule has 3 unspecified atom stereocenters. The molecule has 0 spiro atoms. The molecule has 3 atom stereocenters. The van der Waals surface area contributed by atoms with Crippen LogP contribution in [-0.4, -0.2) is 61.8 Å². The molecule has 5 heteroatoms. The molecule has 1 aliphatic rings. The number of hydrogen-bond donors (Lipinski definition) is 3. The Labute approximate surface area is 90.8 Å². The van der Waals surface area contributed by atoms with E-state index in [1.54, 1.807) is 7.05 Å². The molecule has 0 aromatic rings. The fraction of sp³-hybridized carbons (Fsp3) is 0.900. The molecule has 5 nitrogen and oxygen atoms in total. The van der Waals surface area contributed by atoms with E-state index in [1.807, 2.05) is 18.9 Å². The highest BCUT2D eigenvalue weighted by atomic mass is 16.3. The Kier molecular flexibility index (Phi) is 4.50. The Bertz CT molecular complexity index is 223. The van der Waals surface area contributed by atoms with Gasteiger partial charge in [0.2, 0.25) is 5.91 Å². The van der Waals surface area contributed by atoms with Crippen LogP contribution >= 0.6 is 0 Å². The highest BCUT2D eigenvalue weighted by Crippen LogP contribution is 2.09. The van der Waals surface area contributed by atoms with Crippen molar-refractivity contribution in [3.05, 3.63) is 0 Å². The van der Waals surface area contributed by atoms with E-state index >= 15 is 0 Å². The SMILES string of the molecule is CNC(=O)C(C)CN(C)C1CNCC1O. The van der Waals surface area contributed by atoms with E-state index in [2.05, 4.69) is 10.6 Å². The van der Waals surface area contributed by atoms with E-state index in [1.165, 1.54) is 0 Å². The van der Waals surface area contributed by atoms with E-state index in [9.17, 15) is 9.90 Å². The summed E-state index contributed by atoms with van der Waals surface area (Å²) in [7, 11) is 3.59. The molecule has 1 aliphatic heterocycles. The second-order valence-electron chi connectivity index (χ2n) is 4.25. The van der Waals surface area contributed by atoms with Crippen LogP contribution in [0, 0.1) is 5.92 Å². The number of carbonyl (C=O) groups excluding carboxylic acids is 1. The number of rotatable bonds is 4. The molecule has 3 N–H and O–H groups in total. The summed E-state index contributed by atoms with van der Waals surface area (Å²) in [5, 5.41) is 15.4. The lowest BCUT2D eigenvalue weighted by Gasteiger charge is -2.28. The van der Waals surface area contributed by atoms with Gasteiger partial charge in [-0.05, 0) is 7.05 Å². The van der Waals surface area contributed by atoms with Crippen LogP contribution < -0.4 is 10.6 Å². The van der Waals surface area contributed by atoms with Gasteiger partial charge in [0.1, 0.15) is 0 Å². The van der Waals surface area contributed by atoms with Crippen LogP contribution in [0.2, 0.25) is 0 Å². The Hall–Kier alpha value is -0.650. The quantitative estimate of drug-likeness (QED) is 0.541. The minimum Gasteiger partial charge on any atom is -0.390 e. The predicted octanol–water partition coefficient (Wildman–Crippen LogP) is -1.37. The highest BCUT2D eigenvalue weighted by molar-refractivity contribution is 5.78. The first-order valence-corrected chi connectivity index (χ1v) is 5.37. The van der Waals surface area contributed by atoms with Crippen molar-refractivity contribution in [1.29, 1.82) is 0 Å². The fourth-order valence-corrected chi connectivity index (χ4v) is 2.00. The van der Waals surface area contributed by atoms with Gasteiger partial charge in [0.15, 0.2) is 0 Å². The van der Waals surface area contributed by atoms with Crippen LogP contribution in [0.4, 0.5) is 0 Å². The van der Waals surface area contributed by atoms with Crippen LogP contribution in [0.15, 0.2) is 0 Å². The van der Waals surface area contributed by atoms with Gasteiger partial charge in [-0.2, -0.15) is 0 Å². The third-order valence-electron chi connectivity index (χ3n) is 2.97. The van der Waals surface area contributed by atoms with Gasteiger partial charge in [0.05, 0.1) is 6.10 Å². The van der Waals surface area contributed by atoms with Crippen LogP contribution in [0.1, 0.15) is 6.92 Å². The Morgan fingerprint density at radius 3 is 2.80 bits per heavy atom. The van der Waals surface area contributed by atoms with Gasteiger partial charge in [-0.1, -0.05) is 6.92 Å². The summed E-state index contributed by atoms with van der Waals surface area (Å²) in [4.78, 5) is 13.4. The van der Waals surface area contributed by atoms with Crippen molar-refractivity contribution >= 4 is 5.91 Å². The minimum absolute atomic E-state index is 0.0438. The Morgan fingerprint density at radius 2 is 2.33 bits per heavy atom. The van der Waals surface area contributed by atoms with Gasteiger partial charge in [-0.25, -0.2) is 0 Å². The molecule has 1 fully saturated rings. The molecule has 15 heavy (non-hydrogen) atoms. The zero-order chi connectivity index (χ0) is 11.4. The molecule has 0 saturated carbocycles. The highest BCUT2D eigenvalue weighted by Gasteiger charge is 2.29. The van der Waals surface area contributed by atoms with Crippen LogP contribution in [0.5, 0.6) is 0 Å². The molecule has 0 bridgehead atoms. The summed E-state index contributed by atoms with van der Waals surface area (Å²) in [6, 6.07) is 0.122. The van der Waals surface area contributed by atoms with Crippen molar-refractivity contribution in [3.8, 4) is 0 Å². The molecular formula is C10H21N3O2. The van der Waals surface area contributed by atoms with Crippen LogP contribution in [0.25, 0.3) is 0 Å². The summed E-state index contributed by atoms with van der Waals surface area (Å²) in [5.74, 6) is -0.00454. The van der Waals surface area contributed by atoms with Crippen molar-refractivity contribution in [3.63, 3.8) is 0 Å². The first-order valence-electron chi connectivity index (χ1n) is 5.37. The molecular weight excluding hydrogens is 194 g/mol. The molecule has 88 valence electrons. The zero-order valence-electron chi connectivity index (χ0n) is 9.66. The van der Waals surface area contributed by atoms with E-state index in [0.717, 1.165) is 6.54 Å². The number of nitrogens with zero attached hydrogens (tertiary/aromatic N) is 1. The summed E-state index contributed by atoms with van der Waals surface area (Å²) in [5.41, 5.74) is 0. The maximum absolute atomic E-state index is 11.3. The van der Waals surface area contributed by atoms with Crippen molar-refractivity contribution in [2.75, 3.05) is 33.7 Å². The Balaban J connectivity index is 2.40. The van der Waals surface area contributed by atoms with E-state index in [0.29, 0.717) is 13.1 Å². The summed E-state index contributed by atoms with van der Waals surface area (Å²) in [6.07, 6.45) is -0.327. The summed E-state index contributed by atoms with van der Waals surface area (Å²) in [6.45, 7) is 3.99. The number of aliphatic hydroxyl groups excluding tert-OH is 1.